The van der Waals surface area contributed by atoms with Crippen molar-refractivity contribution in [1.82, 2.24) is 10.2 Å². The molecule has 37 heavy (non-hydrogen) atoms. The van der Waals surface area contributed by atoms with Gasteiger partial charge in [0.1, 0.15) is 12.6 Å². The molecule has 2 amide bonds. The van der Waals surface area contributed by atoms with Gasteiger partial charge in [-0.3, -0.25) is 13.9 Å². The van der Waals surface area contributed by atoms with Crippen LogP contribution in [0.2, 0.25) is 5.02 Å². The van der Waals surface area contributed by atoms with E-state index in [-0.39, 0.29) is 12.5 Å². The van der Waals surface area contributed by atoms with Crippen LogP contribution in [0, 0.1) is 0 Å². The number of rotatable bonds is 9. The van der Waals surface area contributed by atoms with Gasteiger partial charge in [0.25, 0.3) is 0 Å². The molecule has 0 aliphatic heterocycles. The van der Waals surface area contributed by atoms with Crippen LogP contribution >= 0.6 is 11.6 Å². The number of anilines is 1. The van der Waals surface area contributed by atoms with Gasteiger partial charge in [-0.2, -0.15) is 0 Å². The Bertz CT molecular complexity index is 1380. The van der Waals surface area contributed by atoms with Gasteiger partial charge in [-0.1, -0.05) is 73.1 Å². The molecule has 7 nitrogen and oxygen atoms in total. The molecule has 0 aliphatic carbocycles. The Labute approximate surface area is 224 Å². The minimum absolute atomic E-state index is 0.0573. The maximum atomic E-state index is 13.9. The van der Waals surface area contributed by atoms with Crippen LogP contribution < -0.4 is 9.62 Å². The fourth-order valence-electron chi connectivity index (χ4n) is 4.20. The summed E-state index contributed by atoms with van der Waals surface area (Å²) in [4.78, 5) is 28.6. The first-order chi connectivity index (χ1) is 17.3. The Morgan fingerprint density at radius 3 is 2.22 bits per heavy atom. The van der Waals surface area contributed by atoms with Crippen LogP contribution in [0.25, 0.3) is 10.8 Å². The number of fused-ring (bicyclic) bond motifs is 1. The lowest BCUT2D eigenvalue weighted by Gasteiger charge is -2.34. The molecule has 1 unspecified atom stereocenters. The van der Waals surface area contributed by atoms with Crippen molar-refractivity contribution < 1.29 is 18.0 Å². The number of carbonyl (C=O) groups is 2. The monoisotopic (exact) mass is 543 g/mol. The molecule has 3 aromatic rings. The summed E-state index contributed by atoms with van der Waals surface area (Å²) in [5.41, 5.74) is 0.556. The summed E-state index contributed by atoms with van der Waals surface area (Å²) < 4.78 is 27.0. The van der Waals surface area contributed by atoms with Crippen molar-refractivity contribution in [3.8, 4) is 0 Å². The predicted molar refractivity (Wildman–Crippen MR) is 150 cm³/mol. The van der Waals surface area contributed by atoms with E-state index in [1.807, 2.05) is 58.0 Å². The van der Waals surface area contributed by atoms with Crippen molar-refractivity contribution in [3.05, 3.63) is 77.3 Å². The quantitative estimate of drug-likeness (QED) is 0.412. The van der Waals surface area contributed by atoms with Gasteiger partial charge in [-0.15, -0.1) is 0 Å². The molecular formula is C28H34ClN3O4S. The molecule has 0 radical (unpaired) electrons. The van der Waals surface area contributed by atoms with Crippen molar-refractivity contribution in [3.63, 3.8) is 0 Å². The van der Waals surface area contributed by atoms with Crippen LogP contribution in [0.5, 0.6) is 0 Å². The molecule has 3 aromatic carbocycles. The first-order valence-corrected chi connectivity index (χ1v) is 14.3. The van der Waals surface area contributed by atoms with E-state index in [0.29, 0.717) is 28.1 Å². The summed E-state index contributed by atoms with van der Waals surface area (Å²) in [6.45, 7) is 7.01. The minimum Gasteiger partial charge on any atom is -0.350 e. The molecule has 1 atom stereocenters. The average molecular weight is 544 g/mol. The Morgan fingerprint density at radius 1 is 0.973 bits per heavy atom. The van der Waals surface area contributed by atoms with E-state index < -0.39 is 34.1 Å². The lowest BCUT2D eigenvalue weighted by atomic mass is 10.1. The summed E-state index contributed by atoms with van der Waals surface area (Å²) in [5, 5.41) is 4.97. The number of sulfonamides is 1. The third-order valence-electron chi connectivity index (χ3n) is 5.90. The number of halogens is 1. The summed E-state index contributed by atoms with van der Waals surface area (Å²) in [6, 6.07) is 19.0. The molecule has 3 rings (SSSR count). The Hall–Kier alpha value is -3.10. The van der Waals surface area contributed by atoms with E-state index in [1.54, 1.807) is 36.4 Å². The van der Waals surface area contributed by atoms with Crippen molar-refractivity contribution >= 4 is 49.9 Å². The molecule has 0 aromatic heterocycles. The number of nitrogens with one attached hydrogen (secondary N) is 1. The number of benzene rings is 3. The van der Waals surface area contributed by atoms with E-state index in [4.69, 9.17) is 11.6 Å². The summed E-state index contributed by atoms with van der Waals surface area (Å²) >= 11 is 6.40. The van der Waals surface area contributed by atoms with Crippen LogP contribution in [0.3, 0.4) is 0 Å². The van der Waals surface area contributed by atoms with Gasteiger partial charge in [0.15, 0.2) is 0 Å². The van der Waals surface area contributed by atoms with Gasteiger partial charge < -0.3 is 10.2 Å². The number of nitrogens with zero attached hydrogens (tertiary/aromatic N) is 2. The third-order valence-corrected chi connectivity index (χ3v) is 7.39. The Morgan fingerprint density at radius 2 is 1.59 bits per heavy atom. The number of carbonyl (C=O) groups excluding carboxylic acids is 2. The maximum absolute atomic E-state index is 13.9. The topological polar surface area (TPSA) is 86.8 Å². The van der Waals surface area contributed by atoms with Gasteiger partial charge in [0.05, 0.1) is 11.9 Å². The van der Waals surface area contributed by atoms with Crippen LogP contribution in [-0.4, -0.2) is 49.5 Å². The fraction of sp³-hybridized carbons (Fsp3) is 0.357. The minimum atomic E-state index is -3.84. The highest BCUT2D eigenvalue weighted by atomic mass is 35.5. The van der Waals surface area contributed by atoms with E-state index in [1.165, 1.54) is 4.90 Å². The van der Waals surface area contributed by atoms with E-state index in [0.717, 1.165) is 15.9 Å². The molecule has 0 spiro atoms. The van der Waals surface area contributed by atoms with Crippen molar-refractivity contribution in [2.45, 2.75) is 52.2 Å². The molecular weight excluding hydrogens is 510 g/mol. The maximum Gasteiger partial charge on any atom is 0.244 e. The van der Waals surface area contributed by atoms with Gasteiger partial charge in [-0.05, 0) is 50.3 Å². The van der Waals surface area contributed by atoms with Gasteiger partial charge >= 0.3 is 0 Å². The summed E-state index contributed by atoms with van der Waals surface area (Å²) in [7, 11) is -3.84. The number of amides is 2. The zero-order chi connectivity index (χ0) is 27.4. The second-order valence-electron chi connectivity index (χ2n) is 10.0. The average Bonchev–Trinajstić information content (AvgIpc) is 2.81. The highest BCUT2D eigenvalue weighted by Crippen LogP contribution is 2.29. The normalized spacial score (nSPS) is 12.7. The van der Waals surface area contributed by atoms with Crippen LogP contribution in [0.1, 0.15) is 39.7 Å². The van der Waals surface area contributed by atoms with Crippen LogP contribution in [-0.2, 0) is 26.2 Å². The van der Waals surface area contributed by atoms with E-state index in [2.05, 4.69) is 5.32 Å². The highest BCUT2D eigenvalue weighted by molar-refractivity contribution is 7.92. The molecule has 198 valence electrons. The molecule has 0 aliphatic rings. The third kappa shape index (κ3) is 7.23. The number of hydrogen-bond donors (Lipinski definition) is 1. The van der Waals surface area contributed by atoms with Gasteiger partial charge in [0, 0.05) is 22.5 Å². The van der Waals surface area contributed by atoms with Crippen molar-refractivity contribution in [2.24, 2.45) is 0 Å². The van der Waals surface area contributed by atoms with Crippen molar-refractivity contribution in [2.75, 3.05) is 17.1 Å². The highest BCUT2D eigenvalue weighted by Gasteiger charge is 2.33. The van der Waals surface area contributed by atoms with Crippen molar-refractivity contribution in [1.29, 1.82) is 0 Å². The van der Waals surface area contributed by atoms with Crippen LogP contribution in [0.15, 0.2) is 66.7 Å². The second-order valence-corrected chi connectivity index (χ2v) is 12.4. The SMILES string of the molecule is CCC(C(=O)NC(C)(C)C)N(Cc1ccccc1Cl)C(=O)CN(c1cccc2ccccc12)S(C)(=O)=O. The lowest BCUT2D eigenvalue weighted by molar-refractivity contribution is -0.141. The van der Waals surface area contributed by atoms with Gasteiger partial charge in [-0.25, -0.2) is 8.42 Å². The molecule has 0 heterocycles. The molecule has 1 N–H and O–H groups in total. The molecule has 0 saturated carbocycles. The first kappa shape index (κ1) is 28.5. The van der Waals surface area contributed by atoms with Crippen LogP contribution in [0.4, 0.5) is 5.69 Å². The smallest absolute Gasteiger partial charge is 0.244 e. The molecule has 0 fully saturated rings. The van der Waals surface area contributed by atoms with Gasteiger partial charge in [0.2, 0.25) is 21.8 Å². The Kier molecular flexibility index (Phi) is 8.87. The Balaban J connectivity index is 2.05. The summed E-state index contributed by atoms with van der Waals surface area (Å²) in [5.74, 6) is -0.819. The zero-order valence-corrected chi connectivity index (χ0v) is 23.4. The van der Waals surface area contributed by atoms with E-state index in [9.17, 15) is 18.0 Å². The summed E-state index contributed by atoms with van der Waals surface area (Å²) in [6.07, 6.45) is 1.41. The first-order valence-electron chi connectivity index (χ1n) is 12.1. The number of hydrogen-bond acceptors (Lipinski definition) is 4. The predicted octanol–water partition coefficient (Wildman–Crippen LogP) is 4.98. The second kappa shape index (κ2) is 11.5. The fourth-order valence-corrected chi connectivity index (χ4v) is 5.26. The standard InChI is InChI=1S/C28H34ClN3O4S/c1-6-24(27(34)30-28(2,3)4)31(18-21-13-8-10-16-23(21)29)26(33)19-32(37(5,35)36)25-17-11-14-20-12-7-9-15-22(20)25/h7-17,24H,6,18-19H2,1-5H3,(H,30,34). The largest absolute Gasteiger partial charge is 0.350 e. The molecule has 0 bridgehead atoms. The van der Waals surface area contributed by atoms with E-state index >= 15 is 0 Å². The molecule has 0 saturated heterocycles. The zero-order valence-electron chi connectivity index (χ0n) is 21.9. The lowest BCUT2D eigenvalue weighted by Crippen LogP contribution is -2.55. The molecule has 9 heteroatoms.